The predicted octanol–water partition coefficient (Wildman–Crippen LogP) is 3.56. The van der Waals surface area contributed by atoms with Crippen molar-refractivity contribution in [2.75, 3.05) is 31.6 Å². The molecule has 3 N–H and O–H groups in total. The van der Waals surface area contributed by atoms with Crippen LogP contribution in [0.4, 0.5) is 14.9 Å². The first-order valence-corrected chi connectivity index (χ1v) is 9.52. The van der Waals surface area contributed by atoms with Crippen LogP contribution in [0.1, 0.15) is 30.6 Å². The fourth-order valence-corrected chi connectivity index (χ4v) is 2.54. The van der Waals surface area contributed by atoms with Gasteiger partial charge in [-0.15, -0.1) is 0 Å². The van der Waals surface area contributed by atoms with Gasteiger partial charge in [0.15, 0.2) is 11.5 Å². The van der Waals surface area contributed by atoms with Crippen LogP contribution in [0.3, 0.4) is 0 Å². The van der Waals surface area contributed by atoms with E-state index < -0.39 is 11.7 Å². The first-order chi connectivity index (χ1) is 14.0. The van der Waals surface area contributed by atoms with Crippen molar-refractivity contribution < 1.29 is 23.5 Å². The van der Waals surface area contributed by atoms with Gasteiger partial charge in [-0.2, -0.15) is 0 Å². The number of anilines is 1. The number of amides is 3. The minimum atomic E-state index is -0.565. The average molecular weight is 403 g/mol. The summed E-state index contributed by atoms with van der Waals surface area (Å²) < 4.78 is 24.5. The smallest absolute Gasteiger partial charge is 0.319 e. The van der Waals surface area contributed by atoms with E-state index in [4.69, 9.17) is 9.47 Å². The summed E-state index contributed by atoms with van der Waals surface area (Å²) in [6, 6.07) is 10.6. The molecule has 0 atom stereocenters. The van der Waals surface area contributed by atoms with Crippen molar-refractivity contribution in [3.8, 4) is 11.5 Å². The van der Waals surface area contributed by atoms with Crippen LogP contribution < -0.4 is 25.4 Å². The van der Waals surface area contributed by atoms with E-state index in [-0.39, 0.29) is 11.6 Å². The molecule has 0 fully saturated rings. The van der Waals surface area contributed by atoms with E-state index in [1.165, 1.54) is 18.2 Å². The SMILES string of the molecule is CCOc1ccc(NC(=O)NCCCNC(=O)c2ccccc2F)cc1OCC. The normalized spacial score (nSPS) is 10.2. The summed E-state index contributed by atoms with van der Waals surface area (Å²) >= 11 is 0. The van der Waals surface area contributed by atoms with Gasteiger partial charge < -0.3 is 25.4 Å². The molecule has 2 aromatic carbocycles. The molecule has 0 aliphatic heterocycles. The van der Waals surface area contributed by atoms with Gasteiger partial charge >= 0.3 is 6.03 Å². The number of carbonyl (C=O) groups excluding carboxylic acids is 2. The van der Waals surface area contributed by atoms with Gasteiger partial charge in [0, 0.05) is 24.8 Å². The van der Waals surface area contributed by atoms with Crippen LogP contribution in [-0.4, -0.2) is 38.2 Å². The molecule has 29 heavy (non-hydrogen) atoms. The maximum atomic E-state index is 13.5. The van der Waals surface area contributed by atoms with Crippen molar-refractivity contribution in [1.29, 1.82) is 0 Å². The van der Waals surface area contributed by atoms with Crippen LogP contribution in [0.5, 0.6) is 11.5 Å². The van der Waals surface area contributed by atoms with E-state index in [2.05, 4.69) is 16.0 Å². The standard InChI is InChI=1S/C21H26FN3O4/c1-3-28-18-11-10-15(14-19(18)29-4-2)25-21(27)24-13-7-12-23-20(26)16-8-5-6-9-17(16)22/h5-6,8-11,14H,3-4,7,12-13H2,1-2H3,(H,23,26)(H2,24,25,27). The van der Waals surface area contributed by atoms with E-state index in [1.807, 2.05) is 13.8 Å². The van der Waals surface area contributed by atoms with Gasteiger partial charge in [-0.1, -0.05) is 12.1 Å². The molecule has 0 aliphatic rings. The zero-order valence-electron chi connectivity index (χ0n) is 16.6. The fourth-order valence-electron chi connectivity index (χ4n) is 2.54. The second-order valence-corrected chi connectivity index (χ2v) is 6.00. The summed E-state index contributed by atoms with van der Waals surface area (Å²) in [7, 11) is 0. The van der Waals surface area contributed by atoms with Gasteiger partial charge in [0.25, 0.3) is 5.91 Å². The van der Waals surface area contributed by atoms with E-state index in [0.29, 0.717) is 49.9 Å². The van der Waals surface area contributed by atoms with Crippen molar-refractivity contribution in [3.63, 3.8) is 0 Å². The summed E-state index contributed by atoms with van der Waals surface area (Å²) in [6.45, 7) is 5.40. The summed E-state index contributed by atoms with van der Waals surface area (Å²) in [4.78, 5) is 23.9. The van der Waals surface area contributed by atoms with Crippen molar-refractivity contribution in [2.45, 2.75) is 20.3 Å². The molecule has 0 saturated heterocycles. The first-order valence-electron chi connectivity index (χ1n) is 9.52. The van der Waals surface area contributed by atoms with Gasteiger partial charge in [0.05, 0.1) is 18.8 Å². The number of rotatable bonds is 10. The fraction of sp³-hybridized carbons (Fsp3) is 0.333. The first kappa shape index (κ1) is 22.0. The molecule has 0 unspecified atom stereocenters. The molecule has 0 spiro atoms. The van der Waals surface area contributed by atoms with Gasteiger partial charge in [0.2, 0.25) is 0 Å². The third-order valence-electron chi connectivity index (χ3n) is 3.84. The molecule has 156 valence electrons. The highest BCUT2D eigenvalue weighted by Gasteiger charge is 2.10. The van der Waals surface area contributed by atoms with Crippen molar-refractivity contribution in [2.24, 2.45) is 0 Å². The Hall–Kier alpha value is -3.29. The lowest BCUT2D eigenvalue weighted by Crippen LogP contribution is -2.32. The molecule has 0 heterocycles. The van der Waals surface area contributed by atoms with Crippen LogP contribution in [0.15, 0.2) is 42.5 Å². The second-order valence-electron chi connectivity index (χ2n) is 6.00. The number of urea groups is 1. The molecule has 2 aromatic rings. The molecule has 7 nitrogen and oxygen atoms in total. The highest BCUT2D eigenvalue weighted by molar-refractivity contribution is 5.94. The third-order valence-corrected chi connectivity index (χ3v) is 3.84. The number of halogens is 1. The lowest BCUT2D eigenvalue weighted by Gasteiger charge is -2.13. The largest absolute Gasteiger partial charge is 0.490 e. The number of hydrogen-bond donors (Lipinski definition) is 3. The van der Waals surface area contributed by atoms with Gasteiger partial charge in [-0.05, 0) is 44.5 Å². The van der Waals surface area contributed by atoms with Gasteiger partial charge in [-0.3, -0.25) is 4.79 Å². The summed E-state index contributed by atoms with van der Waals surface area (Å²) in [6.07, 6.45) is 0.501. The van der Waals surface area contributed by atoms with E-state index in [9.17, 15) is 14.0 Å². The summed E-state index contributed by atoms with van der Waals surface area (Å²) in [5, 5.41) is 8.04. The molecule has 0 bridgehead atoms. The van der Waals surface area contributed by atoms with Crippen molar-refractivity contribution >= 4 is 17.6 Å². The van der Waals surface area contributed by atoms with Crippen LogP contribution in [0, 0.1) is 5.82 Å². The maximum Gasteiger partial charge on any atom is 0.319 e. The molecule has 3 amide bonds. The highest BCUT2D eigenvalue weighted by Crippen LogP contribution is 2.30. The maximum absolute atomic E-state index is 13.5. The minimum absolute atomic E-state index is 0.00111. The van der Waals surface area contributed by atoms with E-state index in [1.54, 1.807) is 24.3 Å². The third kappa shape index (κ3) is 6.99. The molecule has 8 heteroatoms. The van der Waals surface area contributed by atoms with Crippen LogP contribution in [0.2, 0.25) is 0 Å². The summed E-state index contributed by atoms with van der Waals surface area (Å²) in [5.74, 6) is 0.128. The number of ether oxygens (including phenoxy) is 2. The molecule has 0 aromatic heterocycles. The molecule has 0 aliphatic carbocycles. The molecule has 2 rings (SSSR count). The van der Waals surface area contributed by atoms with E-state index >= 15 is 0 Å². The molecular weight excluding hydrogens is 377 g/mol. The molecule has 0 radical (unpaired) electrons. The Kier molecular flexibility index (Phi) is 8.75. The van der Waals surface area contributed by atoms with Crippen LogP contribution in [0.25, 0.3) is 0 Å². The second kappa shape index (κ2) is 11.5. The number of nitrogens with one attached hydrogen (secondary N) is 3. The quantitative estimate of drug-likeness (QED) is 0.529. The number of hydrogen-bond acceptors (Lipinski definition) is 4. The Morgan fingerprint density at radius 1 is 0.931 bits per heavy atom. The predicted molar refractivity (Wildman–Crippen MR) is 109 cm³/mol. The Labute approximate surface area is 169 Å². The Bertz CT molecular complexity index is 829. The van der Waals surface area contributed by atoms with E-state index in [0.717, 1.165) is 0 Å². The topological polar surface area (TPSA) is 88.7 Å². The zero-order chi connectivity index (χ0) is 21.1. The Balaban J connectivity index is 1.74. The Morgan fingerprint density at radius 2 is 1.62 bits per heavy atom. The average Bonchev–Trinajstić information content (AvgIpc) is 2.70. The van der Waals surface area contributed by atoms with Crippen LogP contribution in [-0.2, 0) is 0 Å². The van der Waals surface area contributed by atoms with Crippen molar-refractivity contribution in [3.05, 3.63) is 53.8 Å². The minimum Gasteiger partial charge on any atom is -0.490 e. The molecular formula is C21H26FN3O4. The monoisotopic (exact) mass is 403 g/mol. The van der Waals surface area contributed by atoms with Gasteiger partial charge in [-0.25, -0.2) is 9.18 Å². The van der Waals surface area contributed by atoms with Crippen molar-refractivity contribution in [1.82, 2.24) is 10.6 Å². The number of carbonyl (C=O) groups is 2. The lowest BCUT2D eigenvalue weighted by atomic mass is 10.2. The molecule has 0 saturated carbocycles. The summed E-state index contributed by atoms with van der Waals surface area (Å²) in [5.41, 5.74) is 0.570. The highest BCUT2D eigenvalue weighted by atomic mass is 19.1. The lowest BCUT2D eigenvalue weighted by molar-refractivity contribution is 0.0949. The van der Waals surface area contributed by atoms with Gasteiger partial charge in [0.1, 0.15) is 5.82 Å². The van der Waals surface area contributed by atoms with Crippen LogP contribution >= 0.6 is 0 Å². The number of benzene rings is 2. The Morgan fingerprint density at radius 3 is 2.34 bits per heavy atom. The zero-order valence-corrected chi connectivity index (χ0v) is 16.6.